The number of hydrogen-bond acceptors (Lipinski definition) is 5. The Morgan fingerprint density at radius 2 is 1.91 bits per heavy atom. The summed E-state index contributed by atoms with van der Waals surface area (Å²) in [5, 5.41) is 3.45. The molecule has 0 unspecified atom stereocenters. The highest BCUT2D eigenvalue weighted by Crippen LogP contribution is 2.15. The van der Waals surface area contributed by atoms with Crippen molar-refractivity contribution < 1.29 is 14.3 Å². The van der Waals surface area contributed by atoms with Crippen LogP contribution in [0.4, 0.5) is 0 Å². The molecule has 0 amide bonds. The number of esters is 1. The Hall–Kier alpha value is -0.590. The third kappa shape index (κ3) is 8.15. The fraction of sp³-hybridized carbons (Fsp3) is 0.571. The van der Waals surface area contributed by atoms with Gasteiger partial charge in [-0.25, -0.2) is 4.98 Å². The van der Waals surface area contributed by atoms with Gasteiger partial charge in [0.15, 0.2) is 0 Å². The fourth-order valence-electron chi connectivity index (χ4n) is 1.65. The van der Waals surface area contributed by atoms with E-state index in [9.17, 15) is 4.79 Å². The minimum absolute atomic E-state index is 0. The first-order valence-electron chi connectivity index (χ1n) is 6.70. The van der Waals surface area contributed by atoms with Gasteiger partial charge in [-0.15, -0.1) is 12.4 Å². The molecule has 1 rings (SSSR count). The summed E-state index contributed by atoms with van der Waals surface area (Å²) in [7, 11) is 1.71. The van der Waals surface area contributed by atoms with E-state index >= 15 is 0 Å². The number of rotatable bonds is 8. The molecular formula is C14H21Cl3N2O3. The van der Waals surface area contributed by atoms with Crippen LogP contribution in [0.1, 0.15) is 25.8 Å². The molecule has 0 aliphatic rings. The zero-order valence-electron chi connectivity index (χ0n) is 12.8. The average molecular weight is 372 g/mol. The Balaban J connectivity index is 0.00000441. The van der Waals surface area contributed by atoms with Gasteiger partial charge >= 0.3 is 5.97 Å². The number of ether oxygens (including phenoxy) is 2. The molecule has 1 heterocycles. The second kappa shape index (κ2) is 11.0. The molecule has 0 radical (unpaired) electrons. The van der Waals surface area contributed by atoms with Crippen LogP contribution in [-0.2, 0) is 20.9 Å². The summed E-state index contributed by atoms with van der Waals surface area (Å²) in [6, 6.07) is 2.81. The number of pyridine rings is 1. The Bertz CT molecular complexity index is 452. The number of aromatic nitrogens is 1. The van der Waals surface area contributed by atoms with Crippen molar-refractivity contribution >= 4 is 41.6 Å². The van der Waals surface area contributed by atoms with Gasteiger partial charge in [0.25, 0.3) is 0 Å². The summed E-state index contributed by atoms with van der Waals surface area (Å²) in [5.74, 6) is -0.339. The molecule has 0 spiro atoms. The van der Waals surface area contributed by atoms with Crippen molar-refractivity contribution in [1.29, 1.82) is 0 Å². The van der Waals surface area contributed by atoms with Crippen LogP contribution in [-0.4, -0.2) is 36.8 Å². The maximum Gasteiger partial charge on any atom is 0.323 e. The maximum atomic E-state index is 12.0. The van der Waals surface area contributed by atoms with E-state index in [0.29, 0.717) is 18.6 Å². The predicted molar refractivity (Wildman–Crippen MR) is 89.9 cm³/mol. The topological polar surface area (TPSA) is 60.5 Å². The molecule has 126 valence electrons. The zero-order chi connectivity index (χ0) is 15.8. The van der Waals surface area contributed by atoms with Crippen molar-refractivity contribution in [2.45, 2.75) is 39.0 Å². The Labute approximate surface area is 147 Å². The van der Waals surface area contributed by atoms with E-state index in [1.165, 1.54) is 0 Å². The van der Waals surface area contributed by atoms with Crippen LogP contribution in [0.15, 0.2) is 12.1 Å². The number of nitrogens with zero attached hydrogens (tertiary/aromatic N) is 1. The molecule has 0 aliphatic heterocycles. The smallest absolute Gasteiger partial charge is 0.323 e. The third-order valence-corrected chi connectivity index (χ3v) is 3.08. The van der Waals surface area contributed by atoms with Gasteiger partial charge in [-0.2, -0.15) is 0 Å². The highest BCUT2D eigenvalue weighted by atomic mass is 35.5. The fourth-order valence-corrected chi connectivity index (χ4v) is 2.16. The predicted octanol–water partition coefficient (Wildman–Crippen LogP) is 3.26. The number of halogens is 3. The second-order valence-electron chi connectivity index (χ2n) is 4.78. The van der Waals surface area contributed by atoms with Gasteiger partial charge in [-0.05, 0) is 45.0 Å². The van der Waals surface area contributed by atoms with Gasteiger partial charge < -0.3 is 14.8 Å². The van der Waals surface area contributed by atoms with E-state index in [0.717, 1.165) is 0 Å². The Morgan fingerprint density at radius 1 is 1.32 bits per heavy atom. The maximum absolute atomic E-state index is 12.0. The van der Waals surface area contributed by atoms with Crippen LogP contribution < -0.4 is 5.32 Å². The average Bonchev–Trinajstić information content (AvgIpc) is 2.39. The number of carbonyl (C=O) groups is 1. The molecule has 5 nitrogen and oxygen atoms in total. The molecule has 22 heavy (non-hydrogen) atoms. The van der Waals surface area contributed by atoms with Gasteiger partial charge in [0.1, 0.15) is 23.0 Å². The van der Waals surface area contributed by atoms with E-state index in [1.54, 1.807) is 19.2 Å². The first-order chi connectivity index (χ1) is 9.92. The van der Waals surface area contributed by atoms with Crippen molar-refractivity contribution in [2.24, 2.45) is 0 Å². The number of likely N-dealkylation sites (N-methyl/N-ethyl adjacent to an activating group) is 1. The number of carbonyl (C=O) groups excluding carboxylic acids is 1. The molecule has 0 aromatic carbocycles. The molecular weight excluding hydrogens is 351 g/mol. The van der Waals surface area contributed by atoms with Crippen molar-refractivity contribution in [3.63, 3.8) is 0 Å². The van der Waals surface area contributed by atoms with Crippen LogP contribution in [0.5, 0.6) is 0 Å². The lowest BCUT2D eigenvalue weighted by Gasteiger charge is -2.16. The summed E-state index contributed by atoms with van der Waals surface area (Å²) >= 11 is 11.6. The molecule has 1 aromatic rings. The normalized spacial score (nSPS) is 11.9. The Kier molecular flexibility index (Phi) is 10.7. The first kappa shape index (κ1) is 21.4. The monoisotopic (exact) mass is 370 g/mol. The minimum Gasteiger partial charge on any atom is -0.460 e. The molecule has 8 heteroatoms. The van der Waals surface area contributed by atoms with Crippen LogP contribution in [0.3, 0.4) is 0 Å². The highest BCUT2D eigenvalue weighted by molar-refractivity contribution is 6.32. The molecule has 0 bridgehead atoms. The minimum atomic E-state index is -0.406. The summed E-state index contributed by atoms with van der Waals surface area (Å²) in [5.41, 5.74) is 0.696. The molecule has 1 aromatic heterocycles. The molecule has 0 saturated heterocycles. The van der Waals surface area contributed by atoms with Gasteiger partial charge in [-0.1, -0.05) is 23.2 Å². The van der Waals surface area contributed by atoms with Gasteiger partial charge in [0.05, 0.1) is 6.10 Å². The van der Waals surface area contributed by atoms with Crippen molar-refractivity contribution in [2.75, 3.05) is 13.7 Å². The van der Waals surface area contributed by atoms with E-state index in [4.69, 9.17) is 32.7 Å². The molecule has 0 saturated carbocycles. The summed E-state index contributed by atoms with van der Waals surface area (Å²) in [6.07, 6.45) is 0.686. The quantitative estimate of drug-likeness (QED) is 0.561. The zero-order valence-corrected chi connectivity index (χ0v) is 15.1. The standard InChI is InChI=1S/C14H20Cl2N2O3.ClH/c1-9(2)20-5-4-11(17-3)14(19)21-8-10-6-12(15)18-13(16)7-10;/h6-7,9,11,17H,4-5,8H2,1-3H3;1H/t11-;/m0./s1. The molecule has 0 aliphatic carbocycles. The van der Waals surface area contributed by atoms with Gasteiger partial charge in [-0.3, -0.25) is 4.79 Å². The lowest BCUT2D eigenvalue weighted by molar-refractivity contribution is -0.148. The lowest BCUT2D eigenvalue weighted by Crippen LogP contribution is -2.36. The molecule has 1 N–H and O–H groups in total. The second-order valence-corrected chi connectivity index (χ2v) is 5.55. The van der Waals surface area contributed by atoms with E-state index < -0.39 is 6.04 Å². The van der Waals surface area contributed by atoms with Gasteiger partial charge in [0, 0.05) is 6.61 Å². The van der Waals surface area contributed by atoms with Crippen molar-refractivity contribution in [1.82, 2.24) is 10.3 Å². The van der Waals surface area contributed by atoms with Crippen LogP contribution in [0.2, 0.25) is 10.3 Å². The third-order valence-electron chi connectivity index (χ3n) is 2.69. The summed E-state index contributed by atoms with van der Waals surface area (Å²) in [6.45, 7) is 4.49. The summed E-state index contributed by atoms with van der Waals surface area (Å²) in [4.78, 5) is 15.8. The summed E-state index contributed by atoms with van der Waals surface area (Å²) < 4.78 is 10.7. The highest BCUT2D eigenvalue weighted by Gasteiger charge is 2.18. The van der Waals surface area contributed by atoms with Crippen molar-refractivity contribution in [3.8, 4) is 0 Å². The molecule has 1 atom stereocenters. The van der Waals surface area contributed by atoms with Crippen LogP contribution >= 0.6 is 35.6 Å². The SMILES string of the molecule is CN[C@@H](CCOC(C)C)C(=O)OCc1cc(Cl)nc(Cl)c1.Cl. The van der Waals surface area contributed by atoms with Crippen LogP contribution in [0, 0.1) is 0 Å². The molecule has 0 fully saturated rings. The van der Waals surface area contributed by atoms with E-state index in [-0.39, 0.29) is 41.4 Å². The van der Waals surface area contributed by atoms with Crippen molar-refractivity contribution in [3.05, 3.63) is 28.0 Å². The largest absolute Gasteiger partial charge is 0.460 e. The number of hydrogen-bond donors (Lipinski definition) is 1. The number of nitrogens with one attached hydrogen (secondary N) is 1. The van der Waals surface area contributed by atoms with E-state index in [2.05, 4.69) is 10.3 Å². The van der Waals surface area contributed by atoms with Crippen LogP contribution in [0.25, 0.3) is 0 Å². The first-order valence-corrected chi connectivity index (χ1v) is 7.45. The lowest BCUT2D eigenvalue weighted by atomic mass is 10.2. The van der Waals surface area contributed by atoms with Gasteiger partial charge in [0.2, 0.25) is 0 Å². The van der Waals surface area contributed by atoms with E-state index in [1.807, 2.05) is 13.8 Å². The Morgan fingerprint density at radius 3 is 2.41 bits per heavy atom.